The van der Waals surface area contributed by atoms with Gasteiger partial charge < -0.3 is 39.5 Å². The smallest absolute Gasteiger partial charge is 0.857 e. The first-order valence-electron chi connectivity index (χ1n) is 18.4. The van der Waals surface area contributed by atoms with E-state index in [0.717, 1.165) is 39.0 Å². The molecule has 0 spiro atoms. The fourth-order valence-corrected chi connectivity index (χ4v) is 6.80. The van der Waals surface area contributed by atoms with E-state index in [2.05, 4.69) is 30.6 Å². The molecule has 16 nitrogen and oxygen atoms in total. The Morgan fingerprint density at radius 1 is 0.714 bits per heavy atom. The molecule has 2 fully saturated rings. The summed E-state index contributed by atoms with van der Waals surface area (Å²) in [5.74, 6) is -0.501. The normalized spacial score (nSPS) is 19.6. The SMILES string of the molecule is CC(C)(C)OC(=O)NC1CCC(n2c(=O)cnc3ncc(CO)cc32)CC1.CC(C)(C)OC(=O)NC1CCC(n2c(=O)cnc3ncc(F)cc32)CC1.C[O-].[Na+]. The minimum atomic E-state index is -0.540. The molecule has 3 N–H and O–H groups in total. The molecule has 2 amide bonds. The van der Waals surface area contributed by atoms with Crippen LogP contribution in [0.2, 0.25) is 0 Å². The maximum atomic E-state index is 13.6. The average Bonchev–Trinajstić information content (AvgIpc) is 3.12. The topological polar surface area (TPSA) is 216 Å². The molecule has 0 unspecified atom stereocenters. The van der Waals surface area contributed by atoms with Crippen molar-refractivity contribution >= 4 is 34.5 Å². The minimum absolute atomic E-state index is 0. The molecule has 4 aromatic heterocycles. The Bertz CT molecular complexity index is 2050. The van der Waals surface area contributed by atoms with E-state index in [4.69, 9.17) is 14.6 Å². The van der Waals surface area contributed by atoms with Crippen LogP contribution >= 0.6 is 0 Å². The Hall–Kier alpha value is -4.03. The van der Waals surface area contributed by atoms with Crippen molar-refractivity contribution in [1.29, 1.82) is 0 Å². The van der Waals surface area contributed by atoms with Gasteiger partial charge in [-0.15, -0.1) is 0 Å². The number of aliphatic hydroxyl groups is 1. The zero-order valence-corrected chi connectivity index (χ0v) is 35.5. The van der Waals surface area contributed by atoms with Crippen molar-refractivity contribution in [3.8, 4) is 0 Å². The molecular formula is C38H52FN8NaO8. The van der Waals surface area contributed by atoms with Gasteiger partial charge in [-0.1, -0.05) is 0 Å². The molecule has 2 aliphatic carbocycles. The molecule has 18 heteroatoms. The van der Waals surface area contributed by atoms with Crippen molar-refractivity contribution in [2.45, 2.75) is 135 Å². The molecule has 0 atom stereocenters. The Morgan fingerprint density at radius 3 is 1.48 bits per heavy atom. The van der Waals surface area contributed by atoms with Crippen LogP contribution in [0.15, 0.2) is 46.5 Å². The molecule has 0 radical (unpaired) electrons. The fourth-order valence-electron chi connectivity index (χ4n) is 6.80. The van der Waals surface area contributed by atoms with E-state index in [1.165, 1.54) is 18.5 Å². The van der Waals surface area contributed by atoms with Gasteiger partial charge in [-0.25, -0.2) is 33.9 Å². The first-order chi connectivity index (χ1) is 26.0. The standard InChI is InChI=1S/C19H26N4O4.C18H23FN4O3.CH3O.Na/c1-19(2,3)27-18(26)22-13-4-6-14(7-5-13)23-15-8-12(11-24)9-20-17(15)21-10-16(23)25;1-18(2,3)26-17(25)22-12-4-6-13(7-5-12)23-14-8-11(19)9-20-16(14)21-10-15(23)24;1-2;/h8-10,13-14,24H,4-7,11H2,1-3H3,(H,22,26);8-10,12-13H,4-7H2,1-3H3,(H,22,25);1H3;/q;;-1;+1. The van der Waals surface area contributed by atoms with Crippen LogP contribution < -0.4 is 56.4 Å². The number of ether oxygens (including phenoxy) is 2. The minimum Gasteiger partial charge on any atom is -0.857 e. The van der Waals surface area contributed by atoms with Crippen LogP contribution in [0.3, 0.4) is 0 Å². The van der Waals surface area contributed by atoms with Gasteiger partial charge in [-0.3, -0.25) is 9.59 Å². The Balaban J connectivity index is 0.000000283. The zero-order valence-electron chi connectivity index (χ0n) is 33.5. The number of nitrogens with one attached hydrogen (secondary N) is 2. The van der Waals surface area contributed by atoms with Crippen LogP contribution in [-0.2, 0) is 16.1 Å². The average molecular weight is 791 g/mol. The largest absolute Gasteiger partial charge is 1.00 e. The maximum Gasteiger partial charge on any atom is 1.00 e. The van der Waals surface area contributed by atoms with Crippen LogP contribution in [0, 0.1) is 5.82 Å². The van der Waals surface area contributed by atoms with E-state index < -0.39 is 29.2 Å². The van der Waals surface area contributed by atoms with Crippen molar-refractivity contribution in [3.63, 3.8) is 0 Å². The summed E-state index contributed by atoms with van der Waals surface area (Å²) in [6.07, 6.45) is 10.1. The van der Waals surface area contributed by atoms with Crippen LogP contribution in [0.25, 0.3) is 22.3 Å². The van der Waals surface area contributed by atoms with E-state index in [-0.39, 0.29) is 71.5 Å². The second kappa shape index (κ2) is 20.4. The summed E-state index contributed by atoms with van der Waals surface area (Å²) in [4.78, 5) is 64.9. The van der Waals surface area contributed by atoms with Gasteiger partial charge >= 0.3 is 41.7 Å². The fraction of sp³-hybridized carbons (Fsp3) is 0.579. The van der Waals surface area contributed by atoms with Gasteiger partial charge in [0.2, 0.25) is 0 Å². The number of carbonyl (C=O) groups excluding carboxylic acids is 2. The number of hydrogen-bond donors (Lipinski definition) is 3. The third kappa shape index (κ3) is 13.0. The molecule has 2 aliphatic rings. The number of amides is 2. The molecule has 6 rings (SSSR count). The second-order valence-corrected chi connectivity index (χ2v) is 15.6. The van der Waals surface area contributed by atoms with Gasteiger partial charge in [-0.2, -0.15) is 7.11 Å². The summed E-state index contributed by atoms with van der Waals surface area (Å²) < 4.78 is 27.5. The summed E-state index contributed by atoms with van der Waals surface area (Å²) in [7, 11) is 0.750. The Labute approximate surface area is 346 Å². The molecule has 0 aromatic carbocycles. The van der Waals surface area contributed by atoms with Crippen molar-refractivity contribution in [3.05, 3.63) is 69.0 Å². The molecular weight excluding hydrogens is 738 g/mol. The van der Waals surface area contributed by atoms with Crippen molar-refractivity contribution in [2.75, 3.05) is 7.11 Å². The van der Waals surface area contributed by atoms with Gasteiger partial charge in [0.15, 0.2) is 11.3 Å². The van der Waals surface area contributed by atoms with E-state index in [1.807, 2.05) is 41.5 Å². The van der Waals surface area contributed by atoms with Crippen LogP contribution in [0.1, 0.15) is 111 Å². The van der Waals surface area contributed by atoms with E-state index in [9.17, 15) is 28.7 Å². The number of aromatic nitrogens is 6. The predicted octanol–water partition coefficient (Wildman–Crippen LogP) is 1.21. The van der Waals surface area contributed by atoms with E-state index in [1.54, 1.807) is 21.4 Å². The number of alkyl carbamates (subject to hydrolysis) is 2. The van der Waals surface area contributed by atoms with Gasteiger partial charge in [0.1, 0.15) is 17.0 Å². The predicted molar refractivity (Wildman–Crippen MR) is 201 cm³/mol. The molecule has 0 bridgehead atoms. The molecule has 300 valence electrons. The maximum absolute atomic E-state index is 13.6. The number of rotatable bonds is 5. The molecule has 4 aromatic rings. The number of halogens is 1. The van der Waals surface area contributed by atoms with Gasteiger partial charge in [0.25, 0.3) is 11.1 Å². The first-order valence-corrected chi connectivity index (χ1v) is 18.4. The third-order valence-corrected chi connectivity index (χ3v) is 9.05. The summed E-state index contributed by atoms with van der Waals surface area (Å²) >= 11 is 0. The van der Waals surface area contributed by atoms with Crippen molar-refractivity contribution in [1.82, 2.24) is 39.7 Å². The molecule has 4 heterocycles. The van der Waals surface area contributed by atoms with E-state index in [0.29, 0.717) is 53.6 Å². The first kappa shape index (κ1) is 46.4. The molecule has 0 aliphatic heterocycles. The Morgan fingerprint density at radius 2 is 1.09 bits per heavy atom. The second-order valence-electron chi connectivity index (χ2n) is 15.6. The monoisotopic (exact) mass is 790 g/mol. The van der Waals surface area contributed by atoms with Crippen LogP contribution in [-0.4, -0.2) is 76.8 Å². The van der Waals surface area contributed by atoms with E-state index >= 15 is 0 Å². The van der Waals surface area contributed by atoms with Crippen molar-refractivity contribution in [2.24, 2.45) is 0 Å². The summed E-state index contributed by atoms with van der Waals surface area (Å²) in [5, 5.41) is 23.4. The number of aliphatic hydroxyl groups excluding tert-OH is 1. The van der Waals surface area contributed by atoms with Crippen molar-refractivity contribution < 1.29 is 63.2 Å². The van der Waals surface area contributed by atoms with Gasteiger partial charge in [-0.05, 0) is 105 Å². The number of fused-ring (bicyclic) bond motifs is 2. The molecule has 56 heavy (non-hydrogen) atoms. The third-order valence-electron chi connectivity index (χ3n) is 9.05. The molecule has 0 saturated heterocycles. The van der Waals surface area contributed by atoms with Crippen LogP contribution in [0.5, 0.6) is 0 Å². The van der Waals surface area contributed by atoms with Crippen LogP contribution in [0.4, 0.5) is 14.0 Å². The summed E-state index contributed by atoms with van der Waals surface area (Å²) in [6.45, 7) is 10.8. The summed E-state index contributed by atoms with van der Waals surface area (Å²) in [6, 6.07) is 3.03. The number of hydrogen-bond acceptors (Lipinski definition) is 12. The molecule has 2 saturated carbocycles. The quantitative estimate of drug-likeness (QED) is 0.243. The number of carbonyl (C=O) groups is 2. The Kier molecular flexibility index (Phi) is 16.9. The summed E-state index contributed by atoms with van der Waals surface area (Å²) in [5.41, 5.74) is 1.00. The zero-order chi connectivity index (χ0) is 40.5. The van der Waals surface area contributed by atoms with Gasteiger partial charge in [0, 0.05) is 36.4 Å². The number of pyridine rings is 2. The van der Waals surface area contributed by atoms with Gasteiger partial charge in [0.05, 0.1) is 36.2 Å². The number of nitrogens with zero attached hydrogens (tertiary/aromatic N) is 6.